The van der Waals surface area contributed by atoms with Crippen LogP contribution in [-0.4, -0.2) is 20.7 Å². The van der Waals surface area contributed by atoms with E-state index < -0.39 is 0 Å². The molecule has 0 spiro atoms. The highest BCUT2D eigenvalue weighted by Gasteiger charge is 2.19. The maximum atomic E-state index is 8.78. The summed E-state index contributed by atoms with van der Waals surface area (Å²) in [7, 11) is 0. The number of fused-ring (bicyclic) bond motifs is 1. The molecule has 1 aliphatic rings. The lowest BCUT2D eigenvalue weighted by Crippen LogP contribution is -2.13. The zero-order valence-electron chi connectivity index (χ0n) is 8.62. The summed E-state index contributed by atoms with van der Waals surface area (Å²) in [4.78, 5) is 0. The molecule has 76 valence electrons. The summed E-state index contributed by atoms with van der Waals surface area (Å²) in [5.41, 5.74) is 3.90. The Morgan fingerprint density at radius 3 is 3.00 bits per heavy atom. The van der Waals surface area contributed by atoms with E-state index in [0.717, 1.165) is 24.2 Å². The zero-order valence-corrected chi connectivity index (χ0v) is 8.62. The Morgan fingerprint density at radius 1 is 1.50 bits per heavy atom. The Kier molecular flexibility index (Phi) is 2.27. The standard InChI is InChI=1S/C10H15N3O/c1-7-10(8(2)12-14)9-5-3-4-6-13(9)11-7/h14H,3-6H2,1-2H3/b12-8-. The molecular weight excluding hydrogens is 178 g/mol. The van der Waals surface area contributed by atoms with E-state index in [-0.39, 0.29) is 0 Å². The third-order valence-electron chi connectivity index (χ3n) is 2.78. The van der Waals surface area contributed by atoms with Gasteiger partial charge in [-0.3, -0.25) is 4.68 Å². The SMILES string of the molecule is C/C(=N/O)c1c(C)nn2c1CCCC2. The molecule has 2 rings (SSSR count). The maximum Gasteiger partial charge on any atom is 0.0874 e. The van der Waals surface area contributed by atoms with Crippen molar-refractivity contribution in [2.24, 2.45) is 5.16 Å². The Bertz CT molecular complexity index is 379. The summed E-state index contributed by atoms with van der Waals surface area (Å²) in [5, 5.41) is 16.5. The Hall–Kier alpha value is -1.32. The van der Waals surface area contributed by atoms with Crippen LogP contribution in [0.4, 0.5) is 0 Å². The van der Waals surface area contributed by atoms with Gasteiger partial charge in [0.15, 0.2) is 0 Å². The van der Waals surface area contributed by atoms with E-state index in [1.54, 1.807) is 0 Å². The van der Waals surface area contributed by atoms with Gasteiger partial charge in [0, 0.05) is 17.8 Å². The molecular formula is C10H15N3O. The summed E-state index contributed by atoms with van der Waals surface area (Å²) in [6, 6.07) is 0. The molecule has 2 heterocycles. The summed E-state index contributed by atoms with van der Waals surface area (Å²) in [5.74, 6) is 0. The molecule has 0 unspecified atom stereocenters. The van der Waals surface area contributed by atoms with Crippen LogP contribution in [0.3, 0.4) is 0 Å². The maximum absolute atomic E-state index is 8.78. The Morgan fingerprint density at radius 2 is 2.29 bits per heavy atom. The fourth-order valence-electron chi connectivity index (χ4n) is 2.14. The van der Waals surface area contributed by atoms with Crippen LogP contribution >= 0.6 is 0 Å². The summed E-state index contributed by atoms with van der Waals surface area (Å²) in [6.07, 6.45) is 3.45. The minimum Gasteiger partial charge on any atom is -0.411 e. The first-order valence-corrected chi connectivity index (χ1v) is 4.99. The van der Waals surface area contributed by atoms with Gasteiger partial charge in [-0.25, -0.2) is 0 Å². The highest BCUT2D eigenvalue weighted by molar-refractivity contribution is 6.00. The second kappa shape index (κ2) is 3.44. The smallest absolute Gasteiger partial charge is 0.0874 e. The zero-order chi connectivity index (χ0) is 10.1. The molecule has 1 aromatic heterocycles. The van der Waals surface area contributed by atoms with Crippen molar-refractivity contribution in [1.29, 1.82) is 0 Å². The summed E-state index contributed by atoms with van der Waals surface area (Å²) >= 11 is 0. The molecule has 4 nitrogen and oxygen atoms in total. The lowest BCUT2D eigenvalue weighted by molar-refractivity contribution is 0.319. The topological polar surface area (TPSA) is 50.4 Å². The van der Waals surface area contributed by atoms with Crippen molar-refractivity contribution >= 4 is 5.71 Å². The van der Waals surface area contributed by atoms with Crippen molar-refractivity contribution in [2.75, 3.05) is 0 Å². The molecule has 1 N–H and O–H groups in total. The number of aromatic nitrogens is 2. The lowest BCUT2D eigenvalue weighted by Gasteiger charge is -2.14. The molecule has 1 aliphatic heterocycles. The van der Waals surface area contributed by atoms with Crippen LogP contribution in [0, 0.1) is 6.92 Å². The monoisotopic (exact) mass is 193 g/mol. The molecule has 0 saturated heterocycles. The van der Waals surface area contributed by atoms with Crippen molar-refractivity contribution in [1.82, 2.24) is 9.78 Å². The fraction of sp³-hybridized carbons (Fsp3) is 0.600. The van der Waals surface area contributed by atoms with E-state index in [9.17, 15) is 0 Å². The minimum absolute atomic E-state index is 0.672. The Balaban J connectivity index is 2.53. The number of nitrogens with zero attached hydrogens (tertiary/aromatic N) is 3. The second-order valence-electron chi connectivity index (χ2n) is 3.77. The fourth-order valence-corrected chi connectivity index (χ4v) is 2.14. The summed E-state index contributed by atoms with van der Waals surface area (Å²) < 4.78 is 2.04. The Labute approximate surface area is 83.2 Å². The van der Waals surface area contributed by atoms with E-state index in [4.69, 9.17) is 5.21 Å². The molecule has 0 atom stereocenters. The van der Waals surface area contributed by atoms with Gasteiger partial charge in [0.2, 0.25) is 0 Å². The molecule has 0 bridgehead atoms. The van der Waals surface area contributed by atoms with E-state index in [1.165, 1.54) is 18.5 Å². The number of hydrogen-bond donors (Lipinski definition) is 1. The number of rotatable bonds is 1. The molecule has 4 heteroatoms. The van der Waals surface area contributed by atoms with Crippen molar-refractivity contribution < 1.29 is 5.21 Å². The highest BCUT2D eigenvalue weighted by Crippen LogP contribution is 2.21. The third-order valence-corrected chi connectivity index (χ3v) is 2.78. The van der Waals surface area contributed by atoms with E-state index >= 15 is 0 Å². The van der Waals surface area contributed by atoms with Crippen molar-refractivity contribution in [2.45, 2.75) is 39.7 Å². The van der Waals surface area contributed by atoms with Crippen LogP contribution in [-0.2, 0) is 13.0 Å². The van der Waals surface area contributed by atoms with Gasteiger partial charge in [0.05, 0.1) is 11.4 Å². The molecule has 0 aromatic carbocycles. The first-order chi connectivity index (χ1) is 6.74. The number of aryl methyl sites for hydroxylation is 2. The van der Waals surface area contributed by atoms with Crippen LogP contribution in [0.25, 0.3) is 0 Å². The van der Waals surface area contributed by atoms with Gasteiger partial charge < -0.3 is 5.21 Å². The van der Waals surface area contributed by atoms with E-state index in [1.807, 2.05) is 18.5 Å². The van der Waals surface area contributed by atoms with Crippen molar-refractivity contribution in [3.8, 4) is 0 Å². The molecule has 0 amide bonds. The van der Waals surface area contributed by atoms with Gasteiger partial charge in [0.1, 0.15) is 0 Å². The molecule has 0 saturated carbocycles. The second-order valence-corrected chi connectivity index (χ2v) is 3.77. The van der Waals surface area contributed by atoms with Crippen LogP contribution in [0.15, 0.2) is 5.16 Å². The lowest BCUT2D eigenvalue weighted by atomic mass is 10.0. The number of hydrogen-bond acceptors (Lipinski definition) is 3. The molecule has 0 aliphatic carbocycles. The van der Waals surface area contributed by atoms with Gasteiger partial charge in [-0.05, 0) is 33.1 Å². The van der Waals surface area contributed by atoms with Gasteiger partial charge >= 0.3 is 0 Å². The minimum atomic E-state index is 0.672. The largest absolute Gasteiger partial charge is 0.411 e. The molecule has 1 aromatic rings. The van der Waals surface area contributed by atoms with E-state index in [2.05, 4.69) is 10.3 Å². The average molecular weight is 193 g/mol. The van der Waals surface area contributed by atoms with Crippen LogP contribution in [0.1, 0.15) is 36.7 Å². The van der Waals surface area contributed by atoms with Crippen molar-refractivity contribution in [3.63, 3.8) is 0 Å². The van der Waals surface area contributed by atoms with Gasteiger partial charge in [0.25, 0.3) is 0 Å². The predicted octanol–water partition coefficient (Wildman–Crippen LogP) is 1.73. The molecule has 0 fully saturated rings. The van der Waals surface area contributed by atoms with Crippen LogP contribution in [0.2, 0.25) is 0 Å². The summed E-state index contributed by atoms with van der Waals surface area (Å²) in [6.45, 7) is 4.78. The first-order valence-electron chi connectivity index (χ1n) is 4.99. The normalized spacial score (nSPS) is 16.9. The van der Waals surface area contributed by atoms with Gasteiger partial charge in [-0.2, -0.15) is 5.10 Å². The van der Waals surface area contributed by atoms with Gasteiger partial charge in [-0.15, -0.1) is 0 Å². The highest BCUT2D eigenvalue weighted by atomic mass is 16.4. The number of oxime groups is 1. The molecule has 0 radical (unpaired) electrons. The van der Waals surface area contributed by atoms with Crippen molar-refractivity contribution in [3.05, 3.63) is 17.0 Å². The van der Waals surface area contributed by atoms with Crippen LogP contribution < -0.4 is 0 Å². The third kappa shape index (κ3) is 1.31. The van der Waals surface area contributed by atoms with Gasteiger partial charge in [-0.1, -0.05) is 5.16 Å². The molecule has 14 heavy (non-hydrogen) atoms. The average Bonchev–Trinajstić information content (AvgIpc) is 2.53. The van der Waals surface area contributed by atoms with Crippen LogP contribution in [0.5, 0.6) is 0 Å². The first kappa shape index (κ1) is 9.24. The van der Waals surface area contributed by atoms with E-state index in [0.29, 0.717) is 5.71 Å². The quantitative estimate of drug-likeness (QED) is 0.419. The predicted molar refractivity (Wildman–Crippen MR) is 53.9 cm³/mol.